The highest BCUT2D eigenvalue weighted by atomic mass is 32.2. The SMILES string of the molecule is CC(O)C1CCCN(Cc2ccc(S(=O)(=O)C(F)F)cc2)C1. The van der Waals surface area contributed by atoms with Gasteiger partial charge in [0.1, 0.15) is 0 Å². The predicted octanol–water partition coefficient (Wildman–Crippen LogP) is 2.28. The molecule has 0 radical (unpaired) electrons. The molecule has 1 aromatic rings. The molecule has 0 bridgehead atoms. The van der Waals surface area contributed by atoms with Gasteiger partial charge in [-0.15, -0.1) is 0 Å². The van der Waals surface area contributed by atoms with Crippen molar-refractivity contribution in [3.63, 3.8) is 0 Å². The first-order valence-corrected chi connectivity index (χ1v) is 8.86. The first-order valence-electron chi connectivity index (χ1n) is 7.32. The number of aliphatic hydroxyl groups is 1. The van der Waals surface area contributed by atoms with Gasteiger partial charge in [0.25, 0.3) is 0 Å². The lowest BCUT2D eigenvalue weighted by Crippen LogP contribution is -2.39. The van der Waals surface area contributed by atoms with E-state index in [1.165, 1.54) is 12.1 Å². The Kier molecular flexibility index (Phi) is 5.52. The number of hydrogen-bond donors (Lipinski definition) is 1. The van der Waals surface area contributed by atoms with E-state index in [4.69, 9.17) is 0 Å². The van der Waals surface area contributed by atoms with Crippen molar-refractivity contribution in [2.24, 2.45) is 5.92 Å². The largest absolute Gasteiger partial charge is 0.393 e. The van der Waals surface area contributed by atoms with E-state index in [1.54, 1.807) is 19.1 Å². The summed E-state index contributed by atoms with van der Waals surface area (Å²) < 4.78 is 47.7. The van der Waals surface area contributed by atoms with Gasteiger partial charge in [-0.25, -0.2) is 8.42 Å². The predicted molar refractivity (Wildman–Crippen MR) is 79.3 cm³/mol. The van der Waals surface area contributed by atoms with Gasteiger partial charge in [-0.05, 0) is 49.9 Å². The molecule has 4 nitrogen and oxygen atoms in total. The van der Waals surface area contributed by atoms with Crippen molar-refractivity contribution in [3.8, 4) is 0 Å². The zero-order valence-electron chi connectivity index (χ0n) is 12.5. The van der Waals surface area contributed by atoms with E-state index in [9.17, 15) is 22.3 Å². The van der Waals surface area contributed by atoms with Crippen LogP contribution in [0.25, 0.3) is 0 Å². The summed E-state index contributed by atoms with van der Waals surface area (Å²) in [6.07, 6.45) is 1.66. The quantitative estimate of drug-likeness (QED) is 0.898. The van der Waals surface area contributed by atoms with E-state index < -0.39 is 15.6 Å². The minimum Gasteiger partial charge on any atom is -0.393 e. The number of aliphatic hydroxyl groups excluding tert-OH is 1. The molecule has 7 heteroatoms. The Hall–Kier alpha value is -1.05. The molecule has 22 heavy (non-hydrogen) atoms. The molecule has 2 atom stereocenters. The van der Waals surface area contributed by atoms with Crippen molar-refractivity contribution < 1.29 is 22.3 Å². The molecule has 0 aliphatic carbocycles. The van der Waals surface area contributed by atoms with Gasteiger partial charge in [0.15, 0.2) is 0 Å². The Morgan fingerprint density at radius 3 is 2.50 bits per heavy atom. The number of likely N-dealkylation sites (tertiary alicyclic amines) is 1. The van der Waals surface area contributed by atoms with Crippen molar-refractivity contribution in [2.45, 2.75) is 43.1 Å². The van der Waals surface area contributed by atoms with Gasteiger partial charge in [-0.3, -0.25) is 4.90 Å². The maximum absolute atomic E-state index is 12.5. The molecule has 0 saturated carbocycles. The van der Waals surface area contributed by atoms with Crippen LogP contribution in [0.5, 0.6) is 0 Å². The molecular weight excluding hydrogens is 312 g/mol. The Labute approximate surface area is 129 Å². The second-order valence-electron chi connectivity index (χ2n) is 5.83. The van der Waals surface area contributed by atoms with Crippen molar-refractivity contribution in [2.75, 3.05) is 13.1 Å². The van der Waals surface area contributed by atoms with Gasteiger partial charge in [-0.1, -0.05) is 12.1 Å². The third kappa shape index (κ3) is 4.02. The first kappa shape index (κ1) is 17.3. The second kappa shape index (κ2) is 7.02. The van der Waals surface area contributed by atoms with Gasteiger partial charge in [0, 0.05) is 13.1 Å². The standard InChI is InChI=1S/C15H21F2NO3S/c1-11(19)13-3-2-8-18(10-13)9-12-4-6-14(7-5-12)22(20,21)15(16)17/h4-7,11,13,15,19H,2-3,8-10H2,1H3. The third-order valence-corrected chi connectivity index (χ3v) is 5.52. The summed E-state index contributed by atoms with van der Waals surface area (Å²) in [6, 6.07) is 5.60. The fraction of sp³-hybridized carbons (Fsp3) is 0.600. The van der Waals surface area contributed by atoms with Crippen LogP contribution in [-0.2, 0) is 16.4 Å². The number of sulfone groups is 1. The van der Waals surface area contributed by atoms with Gasteiger partial charge in [0.2, 0.25) is 9.84 Å². The molecule has 1 heterocycles. The second-order valence-corrected chi connectivity index (χ2v) is 7.75. The summed E-state index contributed by atoms with van der Waals surface area (Å²) >= 11 is 0. The van der Waals surface area contributed by atoms with E-state index in [-0.39, 0.29) is 16.9 Å². The van der Waals surface area contributed by atoms with Crippen molar-refractivity contribution >= 4 is 9.84 Å². The van der Waals surface area contributed by atoms with E-state index in [0.29, 0.717) is 6.54 Å². The molecule has 1 aromatic carbocycles. The lowest BCUT2D eigenvalue weighted by atomic mass is 9.93. The lowest BCUT2D eigenvalue weighted by Gasteiger charge is -2.34. The van der Waals surface area contributed by atoms with Crippen molar-refractivity contribution in [1.29, 1.82) is 0 Å². The van der Waals surface area contributed by atoms with E-state index in [0.717, 1.165) is 31.5 Å². The van der Waals surface area contributed by atoms with Crippen molar-refractivity contribution in [1.82, 2.24) is 4.90 Å². The first-order chi connectivity index (χ1) is 10.3. The van der Waals surface area contributed by atoms with Crippen LogP contribution in [0, 0.1) is 5.92 Å². The molecule has 1 aliphatic heterocycles. The van der Waals surface area contributed by atoms with Crippen LogP contribution in [-0.4, -0.2) is 43.4 Å². The van der Waals surface area contributed by atoms with E-state index in [2.05, 4.69) is 4.90 Å². The summed E-state index contributed by atoms with van der Waals surface area (Å²) in [5.74, 6) is -3.15. The molecular formula is C15H21F2NO3S. The maximum atomic E-state index is 12.5. The number of alkyl halides is 2. The van der Waals surface area contributed by atoms with Gasteiger partial charge in [-0.2, -0.15) is 8.78 Å². The molecule has 0 aromatic heterocycles. The molecule has 2 rings (SSSR count). The molecule has 2 unspecified atom stereocenters. The summed E-state index contributed by atoms with van der Waals surface area (Å²) in [7, 11) is -4.53. The van der Waals surface area contributed by atoms with E-state index in [1.807, 2.05) is 0 Å². The van der Waals surface area contributed by atoms with Crippen LogP contribution in [0.3, 0.4) is 0 Å². The summed E-state index contributed by atoms with van der Waals surface area (Å²) in [5.41, 5.74) is 0.874. The summed E-state index contributed by atoms with van der Waals surface area (Å²) in [4.78, 5) is 1.84. The average molecular weight is 333 g/mol. The lowest BCUT2D eigenvalue weighted by molar-refractivity contribution is 0.0599. The molecule has 0 spiro atoms. The number of benzene rings is 1. The zero-order valence-corrected chi connectivity index (χ0v) is 13.3. The molecule has 1 N–H and O–H groups in total. The highest BCUT2D eigenvalue weighted by molar-refractivity contribution is 7.91. The molecule has 1 fully saturated rings. The number of nitrogens with zero attached hydrogens (tertiary/aromatic N) is 1. The van der Waals surface area contributed by atoms with Crippen LogP contribution >= 0.6 is 0 Å². The van der Waals surface area contributed by atoms with Crippen LogP contribution in [0.4, 0.5) is 8.78 Å². The normalized spacial score (nSPS) is 22.0. The fourth-order valence-corrected chi connectivity index (χ4v) is 3.50. The smallest absolute Gasteiger partial charge is 0.341 e. The van der Waals surface area contributed by atoms with Crippen LogP contribution in [0.2, 0.25) is 0 Å². The summed E-state index contributed by atoms with van der Waals surface area (Å²) in [5, 5.41) is 9.67. The number of rotatable bonds is 5. The molecule has 1 saturated heterocycles. The number of piperidine rings is 1. The molecule has 0 amide bonds. The van der Waals surface area contributed by atoms with Crippen LogP contribution < -0.4 is 0 Å². The number of halogens is 2. The van der Waals surface area contributed by atoms with Gasteiger partial charge < -0.3 is 5.11 Å². The van der Waals surface area contributed by atoms with E-state index >= 15 is 0 Å². The monoisotopic (exact) mass is 333 g/mol. The van der Waals surface area contributed by atoms with Gasteiger partial charge in [0.05, 0.1) is 11.0 Å². The molecule has 124 valence electrons. The third-order valence-electron chi connectivity index (χ3n) is 4.12. The van der Waals surface area contributed by atoms with Crippen LogP contribution in [0.15, 0.2) is 29.2 Å². The topological polar surface area (TPSA) is 57.6 Å². The van der Waals surface area contributed by atoms with Crippen LogP contribution in [0.1, 0.15) is 25.3 Å². The molecule has 1 aliphatic rings. The fourth-order valence-electron chi connectivity index (χ4n) is 2.77. The Morgan fingerprint density at radius 2 is 1.95 bits per heavy atom. The Morgan fingerprint density at radius 1 is 1.32 bits per heavy atom. The minimum atomic E-state index is -4.53. The minimum absolute atomic E-state index is 0.243. The highest BCUT2D eigenvalue weighted by Gasteiger charge is 2.27. The maximum Gasteiger partial charge on any atom is 0.341 e. The van der Waals surface area contributed by atoms with Gasteiger partial charge >= 0.3 is 5.76 Å². The Bertz CT molecular complexity index is 587. The summed E-state index contributed by atoms with van der Waals surface area (Å²) in [6.45, 7) is 4.12. The average Bonchev–Trinajstić information content (AvgIpc) is 2.48. The van der Waals surface area contributed by atoms with Crippen molar-refractivity contribution in [3.05, 3.63) is 29.8 Å². The Balaban J connectivity index is 2.03. The number of hydrogen-bond acceptors (Lipinski definition) is 4. The highest BCUT2D eigenvalue weighted by Crippen LogP contribution is 2.23. The zero-order chi connectivity index (χ0) is 16.3.